The molecule has 134 valence electrons. The number of nitrogens with one attached hydrogen (secondary N) is 1. The summed E-state index contributed by atoms with van der Waals surface area (Å²) >= 11 is 5.79. The molecule has 0 aliphatic carbocycles. The average molecular weight is 380 g/mol. The van der Waals surface area contributed by atoms with Gasteiger partial charge in [0.2, 0.25) is 0 Å². The van der Waals surface area contributed by atoms with Crippen LogP contribution in [-0.2, 0) is 9.53 Å². The Balaban J connectivity index is 2.01. The van der Waals surface area contributed by atoms with Crippen LogP contribution in [0, 0.1) is 20.2 Å². The fourth-order valence-corrected chi connectivity index (χ4v) is 2.17. The largest absolute Gasteiger partial charge is 0.452 e. The second kappa shape index (κ2) is 8.03. The Morgan fingerprint density at radius 2 is 1.77 bits per heavy atom. The number of anilines is 1. The third kappa shape index (κ3) is 4.51. The first kappa shape index (κ1) is 18.8. The van der Waals surface area contributed by atoms with Crippen LogP contribution in [0.1, 0.15) is 10.4 Å². The first-order chi connectivity index (χ1) is 12.3. The second-order valence-corrected chi connectivity index (χ2v) is 5.23. The van der Waals surface area contributed by atoms with Crippen molar-refractivity contribution < 1.29 is 24.2 Å². The molecule has 2 aromatic carbocycles. The van der Waals surface area contributed by atoms with E-state index in [2.05, 4.69) is 5.32 Å². The molecule has 0 saturated carbocycles. The molecule has 10 nitrogen and oxygen atoms in total. The molecule has 0 bridgehead atoms. The van der Waals surface area contributed by atoms with E-state index in [-0.39, 0.29) is 27.6 Å². The molecule has 0 fully saturated rings. The van der Waals surface area contributed by atoms with Gasteiger partial charge in [-0.15, -0.1) is 0 Å². The summed E-state index contributed by atoms with van der Waals surface area (Å²) < 4.78 is 4.77. The summed E-state index contributed by atoms with van der Waals surface area (Å²) in [5, 5.41) is 23.6. The zero-order chi connectivity index (χ0) is 19.3. The molecule has 1 amide bonds. The number of rotatable bonds is 6. The van der Waals surface area contributed by atoms with Gasteiger partial charge >= 0.3 is 5.97 Å². The average Bonchev–Trinajstić information content (AvgIpc) is 2.59. The number of nitrogens with zero attached hydrogens (tertiary/aromatic N) is 2. The SMILES string of the molecule is O=C(COC(=O)c1ccc([N+](=O)[O-])cc1Cl)Nc1ccccc1[N+](=O)[O-]. The van der Waals surface area contributed by atoms with Crippen molar-refractivity contribution in [1.82, 2.24) is 0 Å². The van der Waals surface area contributed by atoms with Crippen LogP contribution in [0.2, 0.25) is 5.02 Å². The highest BCUT2D eigenvalue weighted by atomic mass is 35.5. The Morgan fingerprint density at radius 3 is 2.38 bits per heavy atom. The number of non-ortho nitro benzene ring substituents is 1. The lowest BCUT2D eigenvalue weighted by Crippen LogP contribution is -2.21. The minimum Gasteiger partial charge on any atom is -0.452 e. The number of carbonyl (C=O) groups excluding carboxylic acids is 2. The van der Waals surface area contributed by atoms with E-state index in [9.17, 15) is 29.8 Å². The number of para-hydroxylation sites is 2. The molecular weight excluding hydrogens is 370 g/mol. The van der Waals surface area contributed by atoms with Crippen LogP contribution < -0.4 is 5.32 Å². The molecule has 2 rings (SSSR count). The van der Waals surface area contributed by atoms with Crippen molar-refractivity contribution in [2.24, 2.45) is 0 Å². The lowest BCUT2D eigenvalue weighted by Gasteiger charge is -2.08. The smallest absolute Gasteiger partial charge is 0.340 e. The third-order valence-corrected chi connectivity index (χ3v) is 3.41. The quantitative estimate of drug-likeness (QED) is 0.461. The van der Waals surface area contributed by atoms with Gasteiger partial charge in [0.05, 0.1) is 20.4 Å². The molecule has 2 aromatic rings. The van der Waals surface area contributed by atoms with Crippen LogP contribution >= 0.6 is 11.6 Å². The van der Waals surface area contributed by atoms with Gasteiger partial charge in [0.15, 0.2) is 6.61 Å². The number of halogens is 1. The Bertz CT molecular complexity index is 901. The van der Waals surface area contributed by atoms with Crippen molar-refractivity contribution in [3.05, 3.63) is 73.3 Å². The number of benzene rings is 2. The lowest BCUT2D eigenvalue weighted by molar-refractivity contribution is -0.384. The van der Waals surface area contributed by atoms with E-state index in [0.717, 1.165) is 18.2 Å². The van der Waals surface area contributed by atoms with Gasteiger partial charge in [-0.3, -0.25) is 25.0 Å². The number of carbonyl (C=O) groups is 2. The second-order valence-electron chi connectivity index (χ2n) is 4.82. The summed E-state index contributed by atoms with van der Waals surface area (Å²) in [6.07, 6.45) is 0. The van der Waals surface area contributed by atoms with Gasteiger partial charge in [-0.1, -0.05) is 23.7 Å². The number of amides is 1. The molecule has 0 heterocycles. The van der Waals surface area contributed by atoms with Gasteiger partial charge in [0.25, 0.3) is 17.3 Å². The highest BCUT2D eigenvalue weighted by molar-refractivity contribution is 6.33. The Morgan fingerprint density at radius 1 is 1.08 bits per heavy atom. The zero-order valence-corrected chi connectivity index (χ0v) is 13.6. The predicted molar refractivity (Wildman–Crippen MR) is 90.1 cm³/mol. The fraction of sp³-hybridized carbons (Fsp3) is 0.0667. The van der Waals surface area contributed by atoms with Gasteiger partial charge in [-0.25, -0.2) is 4.79 Å². The van der Waals surface area contributed by atoms with Crippen LogP contribution in [0.3, 0.4) is 0 Å². The van der Waals surface area contributed by atoms with Crippen molar-refractivity contribution in [2.75, 3.05) is 11.9 Å². The van der Waals surface area contributed by atoms with Crippen molar-refractivity contribution in [3.8, 4) is 0 Å². The Labute approximate surface area is 150 Å². The van der Waals surface area contributed by atoms with Crippen molar-refractivity contribution in [2.45, 2.75) is 0 Å². The summed E-state index contributed by atoms with van der Waals surface area (Å²) in [6, 6.07) is 8.60. The zero-order valence-electron chi connectivity index (χ0n) is 12.9. The van der Waals surface area contributed by atoms with Crippen molar-refractivity contribution in [1.29, 1.82) is 0 Å². The summed E-state index contributed by atoms with van der Waals surface area (Å²) in [5.41, 5.74) is -0.825. The number of nitro benzene ring substituents is 2. The topological polar surface area (TPSA) is 142 Å². The molecule has 0 aliphatic rings. The molecule has 0 unspecified atom stereocenters. The molecule has 0 radical (unpaired) electrons. The van der Waals surface area contributed by atoms with E-state index in [1.54, 1.807) is 0 Å². The Hall–Kier alpha value is -3.53. The van der Waals surface area contributed by atoms with Crippen LogP contribution in [0.15, 0.2) is 42.5 Å². The summed E-state index contributed by atoms with van der Waals surface area (Å²) in [6.45, 7) is -0.724. The van der Waals surface area contributed by atoms with Crippen LogP contribution in [0.4, 0.5) is 17.1 Å². The van der Waals surface area contributed by atoms with E-state index in [0.29, 0.717) is 0 Å². The predicted octanol–water partition coefficient (Wildman–Crippen LogP) is 2.95. The normalized spacial score (nSPS) is 10.0. The minimum atomic E-state index is -0.970. The standard InChI is InChI=1S/C15H10ClN3O7/c16-11-7-9(18(22)23)5-6-10(11)15(21)26-8-14(20)17-12-3-1-2-4-13(12)19(24)25/h1-7H,8H2,(H,17,20). The summed E-state index contributed by atoms with van der Waals surface area (Å²) in [4.78, 5) is 43.9. The summed E-state index contributed by atoms with van der Waals surface area (Å²) in [7, 11) is 0. The van der Waals surface area contributed by atoms with Gasteiger partial charge in [-0.2, -0.15) is 0 Å². The third-order valence-electron chi connectivity index (χ3n) is 3.09. The van der Waals surface area contributed by atoms with E-state index in [1.165, 1.54) is 24.3 Å². The molecule has 0 saturated heterocycles. The van der Waals surface area contributed by atoms with Crippen molar-refractivity contribution >= 4 is 40.5 Å². The number of ether oxygens (including phenoxy) is 1. The minimum absolute atomic E-state index is 0.0492. The van der Waals surface area contributed by atoms with Crippen LogP contribution in [-0.4, -0.2) is 28.3 Å². The first-order valence-electron chi connectivity index (χ1n) is 6.94. The maximum atomic E-state index is 11.9. The maximum absolute atomic E-state index is 11.9. The highest BCUT2D eigenvalue weighted by Crippen LogP contribution is 2.24. The number of hydrogen-bond acceptors (Lipinski definition) is 7. The molecule has 0 atom stereocenters. The van der Waals surface area contributed by atoms with Gasteiger partial charge in [0, 0.05) is 18.2 Å². The number of hydrogen-bond donors (Lipinski definition) is 1. The van der Waals surface area contributed by atoms with Crippen LogP contribution in [0.25, 0.3) is 0 Å². The molecule has 0 aliphatic heterocycles. The summed E-state index contributed by atoms with van der Waals surface area (Å²) in [5.74, 6) is -1.77. The van der Waals surface area contributed by atoms with E-state index in [1.807, 2.05) is 0 Å². The van der Waals surface area contributed by atoms with Crippen LogP contribution in [0.5, 0.6) is 0 Å². The molecule has 11 heteroatoms. The van der Waals surface area contributed by atoms with E-state index < -0.39 is 28.3 Å². The molecule has 1 N–H and O–H groups in total. The molecular formula is C15H10ClN3O7. The molecule has 0 aromatic heterocycles. The number of nitro groups is 2. The molecule has 26 heavy (non-hydrogen) atoms. The fourth-order valence-electron chi connectivity index (χ4n) is 1.92. The lowest BCUT2D eigenvalue weighted by atomic mass is 10.2. The van der Waals surface area contributed by atoms with Crippen molar-refractivity contribution in [3.63, 3.8) is 0 Å². The highest BCUT2D eigenvalue weighted by Gasteiger charge is 2.19. The van der Waals surface area contributed by atoms with Gasteiger partial charge in [-0.05, 0) is 12.1 Å². The number of esters is 1. The maximum Gasteiger partial charge on any atom is 0.340 e. The van der Waals surface area contributed by atoms with Gasteiger partial charge < -0.3 is 10.1 Å². The first-order valence-corrected chi connectivity index (χ1v) is 7.31. The monoisotopic (exact) mass is 379 g/mol. The van der Waals surface area contributed by atoms with E-state index in [4.69, 9.17) is 16.3 Å². The van der Waals surface area contributed by atoms with Gasteiger partial charge in [0.1, 0.15) is 5.69 Å². The Kier molecular flexibility index (Phi) is 5.81. The van der Waals surface area contributed by atoms with E-state index >= 15 is 0 Å². The molecule has 0 spiro atoms.